The number of amides is 2. The number of phenolic OH excluding ortho intramolecular Hbond substituents is 1. The Balaban J connectivity index is 1.29. The van der Waals surface area contributed by atoms with Gasteiger partial charge in [-0.15, -0.1) is 0 Å². The number of ether oxygens (including phenoxy) is 1. The Labute approximate surface area is 246 Å². The van der Waals surface area contributed by atoms with Crippen LogP contribution in [0.4, 0.5) is 5.69 Å². The first-order valence-electron chi connectivity index (χ1n) is 13.5. The molecule has 9 heteroatoms. The average Bonchev–Trinajstić information content (AvgIpc) is 3.25. The maximum Gasteiger partial charge on any atom is 0.339 e. The summed E-state index contributed by atoms with van der Waals surface area (Å²) in [5, 5.41) is 10.8. The number of pyridine rings is 1. The van der Waals surface area contributed by atoms with E-state index >= 15 is 0 Å². The highest BCUT2D eigenvalue weighted by atomic mass is 35.5. The van der Waals surface area contributed by atoms with Crippen molar-refractivity contribution in [2.24, 2.45) is 17.8 Å². The number of esters is 1. The third-order valence-electron chi connectivity index (χ3n) is 7.82. The summed E-state index contributed by atoms with van der Waals surface area (Å²) in [4.78, 5) is 58.1. The first-order valence-corrected chi connectivity index (χ1v) is 13.8. The lowest BCUT2D eigenvalue weighted by molar-refractivity contribution is -0.122. The van der Waals surface area contributed by atoms with Crippen molar-refractivity contribution in [2.75, 3.05) is 11.5 Å². The van der Waals surface area contributed by atoms with Crippen LogP contribution >= 0.6 is 11.6 Å². The summed E-state index contributed by atoms with van der Waals surface area (Å²) in [6, 6.07) is 19.4. The molecule has 3 unspecified atom stereocenters. The Morgan fingerprint density at radius 3 is 2.50 bits per heavy atom. The number of benzene rings is 3. The van der Waals surface area contributed by atoms with Crippen molar-refractivity contribution in [3.8, 4) is 17.0 Å². The number of carbonyl (C=O) groups is 4. The van der Waals surface area contributed by atoms with Crippen LogP contribution < -0.4 is 4.90 Å². The SMILES string of the molecule is CC1C=CCC2C(=O)N(c3ccc(-c4cc(C(=O)OCC(=O)c5ccccc5O)c5cc(Cl)ccc5n4)cc3)C(=O)C12. The van der Waals surface area contributed by atoms with Crippen LogP contribution in [0.15, 0.2) is 84.9 Å². The molecule has 2 amide bonds. The summed E-state index contributed by atoms with van der Waals surface area (Å²) in [6.45, 7) is 1.38. The van der Waals surface area contributed by atoms with Gasteiger partial charge in [0.05, 0.1) is 39.9 Å². The van der Waals surface area contributed by atoms with Gasteiger partial charge in [0.25, 0.3) is 0 Å². The molecule has 1 N–H and O–H groups in total. The van der Waals surface area contributed by atoms with Gasteiger partial charge in [-0.05, 0) is 60.9 Å². The zero-order chi connectivity index (χ0) is 29.5. The quantitative estimate of drug-likeness (QED) is 0.129. The van der Waals surface area contributed by atoms with E-state index in [1.54, 1.807) is 60.7 Å². The number of ketones is 1. The molecule has 210 valence electrons. The van der Waals surface area contributed by atoms with Gasteiger partial charge in [-0.2, -0.15) is 0 Å². The van der Waals surface area contributed by atoms with Gasteiger partial charge in [0.1, 0.15) is 5.75 Å². The first-order chi connectivity index (χ1) is 20.2. The van der Waals surface area contributed by atoms with Crippen molar-refractivity contribution in [1.82, 2.24) is 4.98 Å². The number of phenols is 1. The van der Waals surface area contributed by atoms with Crippen LogP contribution in [0.3, 0.4) is 0 Å². The van der Waals surface area contributed by atoms with Gasteiger partial charge in [-0.3, -0.25) is 19.3 Å². The minimum absolute atomic E-state index is 0.00775. The number of Topliss-reactive ketones (excluding diaryl/α,β-unsaturated/α-hetero) is 1. The zero-order valence-corrected chi connectivity index (χ0v) is 23.2. The molecule has 1 aliphatic carbocycles. The van der Waals surface area contributed by atoms with Gasteiger partial charge in [-0.25, -0.2) is 9.78 Å². The van der Waals surface area contributed by atoms with Crippen LogP contribution in [0.1, 0.15) is 34.1 Å². The Bertz CT molecular complexity index is 1800. The molecule has 1 aromatic heterocycles. The lowest BCUT2D eigenvalue weighted by atomic mass is 9.78. The third kappa shape index (κ3) is 4.84. The molecule has 42 heavy (non-hydrogen) atoms. The number of hydrogen-bond acceptors (Lipinski definition) is 7. The number of carbonyl (C=O) groups excluding carboxylic acids is 4. The van der Waals surface area contributed by atoms with Crippen molar-refractivity contribution in [3.05, 3.63) is 101 Å². The number of halogens is 1. The fourth-order valence-corrected chi connectivity index (χ4v) is 5.87. The molecule has 2 aliphatic rings. The van der Waals surface area contributed by atoms with E-state index in [0.717, 1.165) is 0 Å². The van der Waals surface area contributed by atoms with E-state index in [9.17, 15) is 24.3 Å². The number of hydrogen-bond donors (Lipinski definition) is 1. The maximum atomic E-state index is 13.2. The summed E-state index contributed by atoms with van der Waals surface area (Å²) < 4.78 is 5.35. The molecule has 8 nitrogen and oxygen atoms in total. The number of imide groups is 1. The molecular formula is C33H25ClN2O6. The minimum Gasteiger partial charge on any atom is -0.507 e. The number of fused-ring (bicyclic) bond motifs is 2. The molecule has 0 saturated carbocycles. The van der Waals surface area contributed by atoms with Crippen molar-refractivity contribution >= 4 is 51.8 Å². The second-order valence-corrected chi connectivity index (χ2v) is 10.9. The summed E-state index contributed by atoms with van der Waals surface area (Å²) in [5.41, 5.74) is 2.25. The molecule has 6 rings (SSSR count). The lowest BCUT2D eigenvalue weighted by Crippen LogP contribution is -2.31. The van der Waals surface area contributed by atoms with Crippen molar-refractivity contribution in [2.45, 2.75) is 13.3 Å². The predicted molar refractivity (Wildman–Crippen MR) is 157 cm³/mol. The molecule has 2 heterocycles. The molecule has 0 radical (unpaired) electrons. The molecule has 1 aliphatic heterocycles. The van der Waals surface area contributed by atoms with Gasteiger partial charge in [0.2, 0.25) is 17.6 Å². The third-order valence-corrected chi connectivity index (χ3v) is 8.06. The van der Waals surface area contributed by atoms with E-state index in [-0.39, 0.29) is 46.4 Å². The zero-order valence-electron chi connectivity index (χ0n) is 22.5. The number of rotatable bonds is 6. The van der Waals surface area contributed by atoms with Gasteiger partial charge in [-0.1, -0.05) is 54.9 Å². The van der Waals surface area contributed by atoms with E-state index < -0.39 is 18.4 Å². The van der Waals surface area contributed by atoms with Crippen molar-refractivity contribution in [1.29, 1.82) is 0 Å². The predicted octanol–water partition coefficient (Wildman–Crippen LogP) is 6.00. The standard InChI is InChI=1S/C33H25ClN2O6/c1-18-5-4-7-23-30(18)32(40)36(31(23)39)21-12-9-19(10-13-21)27-16-25(24-15-20(34)11-14-26(24)35-27)33(41)42-17-29(38)22-6-2-3-8-28(22)37/h2-6,8-16,18,23,30,37H,7,17H2,1H3. The Kier molecular flexibility index (Phi) is 7.08. The van der Waals surface area contributed by atoms with Gasteiger partial charge in [0, 0.05) is 16.0 Å². The van der Waals surface area contributed by atoms with Crippen LogP contribution in [0.2, 0.25) is 5.02 Å². The minimum atomic E-state index is -0.759. The smallest absolute Gasteiger partial charge is 0.339 e. The van der Waals surface area contributed by atoms with Gasteiger partial charge in [0.15, 0.2) is 6.61 Å². The van der Waals surface area contributed by atoms with Gasteiger partial charge >= 0.3 is 5.97 Å². The second kappa shape index (κ2) is 10.9. The largest absolute Gasteiger partial charge is 0.507 e. The van der Waals surface area contributed by atoms with Crippen LogP contribution in [0.25, 0.3) is 22.2 Å². The summed E-state index contributed by atoms with van der Waals surface area (Å²) >= 11 is 6.21. The number of aromatic hydroxyl groups is 1. The molecule has 3 aromatic carbocycles. The topological polar surface area (TPSA) is 114 Å². The number of allylic oxidation sites excluding steroid dienone is 2. The number of nitrogens with zero attached hydrogens (tertiary/aromatic N) is 2. The molecule has 1 saturated heterocycles. The maximum absolute atomic E-state index is 13.2. The molecule has 3 atom stereocenters. The van der Waals surface area contributed by atoms with E-state index in [0.29, 0.717) is 39.3 Å². The summed E-state index contributed by atoms with van der Waals surface area (Å²) in [5.74, 6) is -2.62. The van der Waals surface area contributed by atoms with Crippen LogP contribution in [-0.2, 0) is 14.3 Å². The number of anilines is 1. The molecule has 4 aromatic rings. The monoisotopic (exact) mass is 580 g/mol. The van der Waals surface area contributed by atoms with Crippen LogP contribution in [0, 0.1) is 17.8 Å². The van der Waals surface area contributed by atoms with Crippen LogP contribution in [-0.4, -0.2) is 40.3 Å². The van der Waals surface area contributed by atoms with Crippen molar-refractivity contribution < 1.29 is 29.0 Å². The average molecular weight is 581 g/mol. The first kappa shape index (κ1) is 27.4. The van der Waals surface area contributed by atoms with Crippen LogP contribution in [0.5, 0.6) is 5.75 Å². The highest BCUT2D eigenvalue weighted by Gasteiger charge is 2.50. The Morgan fingerprint density at radius 2 is 1.76 bits per heavy atom. The van der Waals surface area contributed by atoms with E-state index in [4.69, 9.17) is 16.3 Å². The van der Waals surface area contributed by atoms with E-state index in [1.807, 2.05) is 19.1 Å². The number of para-hydroxylation sites is 1. The van der Waals surface area contributed by atoms with Crippen molar-refractivity contribution in [3.63, 3.8) is 0 Å². The highest BCUT2D eigenvalue weighted by molar-refractivity contribution is 6.31. The normalized spacial score (nSPS) is 19.7. The van der Waals surface area contributed by atoms with E-state index in [1.165, 1.54) is 17.0 Å². The second-order valence-electron chi connectivity index (χ2n) is 10.4. The molecule has 0 spiro atoms. The van der Waals surface area contributed by atoms with Gasteiger partial charge < -0.3 is 9.84 Å². The van der Waals surface area contributed by atoms with E-state index in [2.05, 4.69) is 4.98 Å². The number of aromatic nitrogens is 1. The lowest BCUT2D eigenvalue weighted by Gasteiger charge is -2.22. The Morgan fingerprint density at radius 1 is 1.00 bits per heavy atom. The fourth-order valence-electron chi connectivity index (χ4n) is 5.69. The fraction of sp³-hybridized carbons (Fsp3) is 0.182. The summed E-state index contributed by atoms with van der Waals surface area (Å²) in [7, 11) is 0. The molecule has 0 bridgehead atoms. The molecular weight excluding hydrogens is 556 g/mol. The summed E-state index contributed by atoms with van der Waals surface area (Å²) in [6.07, 6.45) is 4.50. The molecule has 1 fully saturated rings. The highest BCUT2D eigenvalue weighted by Crippen LogP contribution is 2.41. The Hall–Kier alpha value is -4.82.